The van der Waals surface area contributed by atoms with Crippen molar-refractivity contribution >= 4 is 0 Å². The molecule has 3 rings (SSSR count). The van der Waals surface area contributed by atoms with E-state index in [0.717, 1.165) is 18.8 Å². The molecule has 0 spiro atoms. The first-order valence-corrected chi connectivity index (χ1v) is 5.59. The van der Waals surface area contributed by atoms with E-state index in [2.05, 4.69) is 16.4 Å². The Morgan fingerprint density at radius 3 is 3.18 bits per heavy atom. The molecule has 0 radical (unpaired) electrons. The van der Waals surface area contributed by atoms with Gasteiger partial charge in [-0.1, -0.05) is 17.3 Å². The van der Waals surface area contributed by atoms with Crippen LogP contribution < -0.4 is 4.74 Å². The van der Waals surface area contributed by atoms with Crippen molar-refractivity contribution in [2.45, 2.75) is 19.6 Å². The summed E-state index contributed by atoms with van der Waals surface area (Å²) in [7, 11) is 0. The molecule has 0 aliphatic carbocycles. The highest BCUT2D eigenvalue weighted by Gasteiger charge is 2.12. The predicted molar refractivity (Wildman–Crippen MR) is 60.7 cm³/mol. The molecular weight excluding hydrogens is 218 g/mol. The molecule has 88 valence electrons. The summed E-state index contributed by atoms with van der Waals surface area (Å²) in [6, 6.07) is 6.18. The lowest BCUT2D eigenvalue weighted by atomic mass is 10.1. The SMILES string of the molecule is OCc1cn(Cc2ccc3c(c2)CCO3)nn1. The number of aromatic nitrogens is 3. The third kappa shape index (κ3) is 2.01. The number of hydrogen-bond donors (Lipinski definition) is 1. The molecule has 2 heterocycles. The van der Waals surface area contributed by atoms with E-state index < -0.39 is 0 Å². The van der Waals surface area contributed by atoms with Crippen LogP contribution in [-0.4, -0.2) is 26.7 Å². The molecule has 5 nitrogen and oxygen atoms in total. The van der Waals surface area contributed by atoms with Crippen LogP contribution >= 0.6 is 0 Å². The molecule has 1 aliphatic rings. The normalized spacial score (nSPS) is 13.5. The monoisotopic (exact) mass is 231 g/mol. The molecule has 1 aliphatic heterocycles. The largest absolute Gasteiger partial charge is 0.493 e. The molecule has 0 fully saturated rings. The van der Waals surface area contributed by atoms with Gasteiger partial charge in [-0.3, -0.25) is 0 Å². The highest BCUT2D eigenvalue weighted by Crippen LogP contribution is 2.25. The minimum Gasteiger partial charge on any atom is -0.493 e. The number of nitrogens with zero attached hydrogens (tertiary/aromatic N) is 3. The Bertz CT molecular complexity index is 536. The van der Waals surface area contributed by atoms with Gasteiger partial charge in [0.1, 0.15) is 11.4 Å². The molecule has 1 aromatic heterocycles. The lowest BCUT2D eigenvalue weighted by molar-refractivity contribution is 0.276. The Hall–Kier alpha value is -1.88. The second kappa shape index (κ2) is 4.18. The van der Waals surface area contributed by atoms with Crippen molar-refractivity contribution in [3.05, 3.63) is 41.2 Å². The molecule has 17 heavy (non-hydrogen) atoms. The molecule has 1 aromatic carbocycles. The summed E-state index contributed by atoms with van der Waals surface area (Å²) in [5.74, 6) is 0.989. The average Bonchev–Trinajstić information content (AvgIpc) is 2.96. The Morgan fingerprint density at radius 2 is 2.35 bits per heavy atom. The lowest BCUT2D eigenvalue weighted by Gasteiger charge is -2.03. The quantitative estimate of drug-likeness (QED) is 0.847. The number of rotatable bonds is 3. The van der Waals surface area contributed by atoms with E-state index >= 15 is 0 Å². The van der Waals surface area contributed by atoms with Gasteiger partial charge in [-0.2, -0.15) is 0 Å². The zero-order chi connectivity index (χ0) is 11.7. The maximum absolute atomic E-state index is 8.91. The van der Waals surface area contributed by atoms with Crippen molar-refractivity contribution in [3.63, 3.8) is 0 Å². The first-order chi connectivity index (χ1) is 8.35. The Kier molecular flexibility index (Phi) is 2.53. The van der Waals surface area contributed by atoms with Crippen molar-refractivity contribution in [3.8, 4) is 5.75 Å². The summed E-state index contributed by atoms with van der Waals surface area (Å²) in [4.78, 5) is 0. The molecular formula is C12H13N3O2. The average molecular weight is 231 g/mol. The predicted octanol–water partition coefficient (Wildman–Crippen LogP) is 0.754. The molecule has 0 saturated heterocycles. The molecule has 5 heteroatoms. The maximum Gasteiger partial charge on any atom is 0.122 e. The highest BCUT2D eigenvalue weighted by molar-refractivity contribution is 5.39. The van der Waals surface area contributed by atoms with E-state index in [-0.39, 0.29) is 6.61 Å². The van der Waals surface area contributed by atoms with Crippen molar-refractivity contribution < 1.29 is 9.84 Å². The Labute approximate surface area is 98.6 Å². The summed E-state index contributed by atoms with van der Waals surface area (Å²) < 4.78 is 7.18. The smallest absolute Gasteiger partial charge is 0.122 e. The van der Waals surface area contributed by atoms with Crippen molar-refractivity contribution in [2.24, 2.45) is 0 Å². The molecule has 1 N–H and O–H groups in total. The number of benzene rings is 1. The van der Waals surface area contributed by atoms with Crippen LogP contribution in [0.2, 0.25) is 0 Å². The van der Waals surface area contributed by atoms with Crippen molar-refractivity contribution in [1.29, 1.82) is 0 Å². The lowest BCUT2D eigenvalue weighted by Crippen LogP contribution is -2.00. The van der Waals surface area contributed by atoms with Gasteiger partial charge in [0.25, 0.3) is 0 Å². The van der Waals surface area contributed by atoms with Gasteiger partial charge in [0, 0.05) is 6.42 Å². The molecule has 0 saturated carbocycles. The highest BCUT2D eigenvalue weighted by atomic mass is 16.5. The summed E-state index contributed by atoms with van der Waals surface area (Å²) in [6.07, 6.45) is 2.73. The van der Waals surface area contributed by atoms with E-state index in [0.29, 0.717) is 12.2 Å². The van der Waals surface area contributed by atoms with Gasteiger partial charge in [-0.25, -0.2) is 4.68 Å². The molecule has 0 bridgehead atoms. The molecule has 2 aromatic rings. The molecule has 0 atom stereocenters. The third-order valence-corrected chi connectivity index (χ3v) is 2.85. The second-order valence-electron chi connectivity index (χ2n) is 4.11. The minimum absolute atomic E-state index is 0.0714. The van der Waals surface area contributed by atoms with Crippen molar-refractivity contribution in [2.75, 3.05) is 6.61 Å². The zero-order valence-corrected chi connectivity index (χ0v) is 9.33. The fraction of sp³-hybridized carbons (Fsp3) is 0.333. The van der Waals surface area contributed by atoms with E-state index in [4.69, 9.17) is 9.84 Å². The van der Waals surface area contributed by atoms with Crippen LogP contribution in [0.3, 0.4) is 0 Å². The number of fused-ring (bicyclic) bond motifs is 1. The first-order valence-electron chi connectivity index (χ1n) is 5.59. The van der Waals surface area contributed by atoms with Crippen LogP contribution in [0.1, 0.15) is 16.8 Å². The van der Waals surface area contributed by atoms with Crippen LogP contribution in [0.25, 0.3) is 0 Å². The fourth-order valence-electron chi connectivity index (χ4n) is 2.01. The van der Waals surface area contributed by atoms with Crippen molar-refractivity contribution in [1.82, 2.24) is 15.0 Å². The summed E-state index contributed by atoms with van der Waals surface area (Å²) in [5, 5.41) is 16.7. The second-order valence-corrected chi connectivity index (χ2v) is 4.11. The van der Waals surface area contributed by atoms with E-state index in [1.54, 1.807) is 10.9 Å². The Balaban J connectivity index is 1.80. The van der Waals surface area contributed by atoms with Crippen LogP contribution in [0, 0.1) is 0 Å². The topological polar surface area (TPSA) is 60.2 Å². The minimum atomic E-state index is -0.0714. The van der Waals surface area contributed by atoms with Gasteiger partial charge >= 0.3 is 0 Å². The number of aliphatic hydroxyl groups excluding tert-OH is 1. The maximum atomic E-state index is 8.91. The summed E-state index contributed by atoms with van der Waals surface area (Å²) in [5.41, 5.74) is 3.02. The molecule has 0 unspecified atom stereocenters. The first kappa shape index (κ1) is 10.3. The van der Waals surface area contributed by atoms with E-state index in [1.807, 2.05) is 12.1 Å². The van der Waals surface area contributed by atoms with Gasteiger partial charge in [-0.05, 0) is 17.2 Å². The number of aliphatic hydroxyl groups is 1. The van der Waals surface area contributed by atoms with Gasteiger partial charge in [0.05, 0.1) is 26.0 Å². The van der Waals surface area contributed by atoms with Crippen LogP contribution in [0.4, 0.5) is 0 Å². The van der Waals surface area contributed by atoms with Gasteiger partial charge in [0.15, 0.2) is 0 Å². The summed E-state index contributed by atoms with van der Waals surface area (Å²) in [6.45, 7) is 1.37. The van der Waals surface area contributed by atoms with E-state index in [9.17, 15) is 0 Å². The van der Waals surface area contributed by atoms with Crippen LogP contribution in [0.15, 0.2) is 24.4 Å². The third-order valence-electron chi connectivity index (χ3n) is 2.85. The Morgan fingerprint density at radius 1 is 1.41 bits per heavy atom. The van der Waals surface area contributed by atoms with Crippen LogP contribution in [0.5, 0.6) is 5.75 Å². The van der Waals surface area contributed by atoms with Gasteiger partial charge < -0.3 is 9.84 Å². The summed E-state index contributed by atoms with van der Waals surface area (Å²) >= 11 is 0. The van der Waals surface area contributed by atoms with E-state index in [1.165, 1.54) is 11.1 Å². The fourth-order valence-corrected chi connectivity index (χ4v) is 2.01. The number of hydrogen-bond acceptors (Lipinski definition) is 4. The molecule has 0 amide bonds. The van der Waals surface area contributed by atoms with Gasteiger partial charge in [-0.15, -0.1) is 5.10 Å². The zero-order valence-electron chi connectivity index (χ0n) is 9.33. The number of ether oxygens (including phenoxy) is 1. The van der Waals surface area contributed by atoms with Gasteiger partial charge in [0.2, 0.25) is 0 Å². The van der Waals surface area contributed by atoms with Crippen LogP contribution in [-0.2, 0) is 19.6 Å². The standard InChI is InChI=1S/C12H13N3O2/c16-8-11-7-15(14-13-11)6-9-1-2-12-10(5-9)3-4-17-12/h1-2,5,7,16H,3-4,6,8H2.